The normalized spacial score (nSPS) is 15.6. The summed E-state index contributed by atoms with van der Waals surface area (Å²) in [6.07, 6.45) is 3.55. The van der Waals surface area contributed by atoms with Crippen LogP contribution >= 0.6 is 0 Å². The number of nitrogens with one attached hydrogen (secondary N) is 2. The first-order valence-corrected chi connectivity index (χ1v) is 9.94. The van der Waals surface area contributed by atoms with Gasteiger partial charge >= 0.3 is 0 Å². The lowest BCUT2D eigenvalue weighted by atomic mass is 9.93. The summed E-state index contributed by atoms with van der Waals surface area (Å²) in [5, 5.41) is 6.14. The maximum Gasteiger partial charge on any atom is 0.220 e. The van der Waals surface area contributed by atoms with Crippen LogP contribution in [-0.4, -0.2) is 57.1 Å². The molecule has 6 nitrogen and oxygen atoms in total. The van der Waals surface area contributed by atoms with E-state index in [9.17, 15) is 4.79 Å². The molecule has 6 heteroatoms. The van der Waals surface area contributed by atoms with Crippen LogP contribution in [0.25, 0.3) is 0 Å². The molecule has 0 atom stereocenters. The molecule has 0 aliphatic carbocycles. The first-order chi connectivity index (χ1) is 13.1. The summed E-state index contributed by atoms with van der Waals surface area (Å²) in [6, 6.07) is 6.26. The van der Waals surface area contributed by atoms with Gasteiger partial charge in [-0.25, -0.2) is 0 Å². The van der Waals surface area contributed by atoms with E-state index >= 15 is 0 Å². The third-order valence-corrected chi connectivity index (χ3v) is 5.08. The smallest absolute Gasteiger partial charge is 0.220 e. The number of carbonyl (C=O) groups is 1. The molecule has 1 amide bonds. The SMILES string of the molecule is CCNC(=NCCc1cc(C)ccc1OC)N1CCC(CC(=O)NC)CC1. The van der Waals surface area contributed by atoms with E-state index in [2.05, 4.69) is 41.5 Å². The summed E-state index contributed by atoms with van der Waals surface area (Å²) in [4.78, 5) is 18.7. The molecule has 1 aliphatic heterocycles. The van der Waals surface area contributed by atoms with E-state index in [4.69, 9.17) is 9.73 Å². The maximum absolute atomic E-state index is 11.6. The zero-order valence-electron chi connectivity index (χ0n) is 17.2. The summed E-state index contributed by atoms with van der Waals surface area (Å²) in [7, 11) is 3.42. The van der Waals surface area contributed by atoms with Crippen molar-refractivity contribution in [2.24, 2.45) is 10.9 Å². The van der Waals surface area contributed by atoms with Gasteiger partial charge in [-0.2, -0.15) is 0 Å². The van der Waals surface area contributed by atoms with E-state index in [1.807, 2.05) is 6.07 Å². The second-order valence-electron chi connectivity index (χ2n) is 7.11. The van der Waals surface area contributed by atoms with Gasteiger partial charge in [-0.05, 0) is 50.7 Å². The first kappa shape index (κ1) is 21.1. The van der Waals surface area contributed by atoms with E-state index < -0.39 is 0 Å². The largest absolute Gasteiger partial charge is 0.496 e. The van der Waals surface area contributed by atoms with Crippen LogP contribution in [0.2, 0.25) is 0 Å². The molecule has 2 rings (SSSR count). The van der Waals surface area contributed by atoms with Crippen molar-refractivity contribution in [1.82, 2.24) is 15.5 Å². The van der Waals surface area contributed by atoms with Crippen molar-refractivity contribution in [3.05, 3.63) is 29.3 Å². The highest BCUT2D eigenvalue weighted by Gasteiger charge is 2.23. The molecule has 0 saturated carbocycles. The van der Waals surface area contributed by atoms with Gasteiger partial charge in [0, 0.05) is 39.6 Å². The van der Waals surface area contributed by atoms with Crippen molar-refractivity contribution in [2.75, 3.05) is 40.3 Å². The minimum atomic E-state index is 0.140. The van der Waals surface area contributed by atoms with Crippen LogP contribution in [0.1, 0.15) is 37.3 Å². The Hall–Kier alpha value is -2.24. The lowest BCUT2D eigenvalue weighted by Gasteiger charge is -2.34. The number of benzene rings is 1. The van der Waals surface area contributed by atoms with Crippen LogP contribution in [0, 0.1) is 12.8 Å². The average Bonchev–Trinajstić information content (AvgIpc) is 2.68. The lowest BCUT2D eigenvalue weighted by molar-refractivity contribution is -0.121. The standard InChI is InChI=1S/C21H34N4O2/c1-5-23-21(25-12-9-17(10-13-25)15-20(26)22-3)24-11-8-18-14-16(2)6-7-19(18)27-4/h6-7,14,17H,5,8-13,15H2,1-4H3,(H,22,26)(H,23,24). The Kier molecular flexibility index (Phi) is 8.43. The van der Waals surface area contributed by atoms with E-state index in [0.717, 1.165) is 57.2 Å². The molecule has 0 unspecified atom stereocenters. The number of carbonyl (C=O) groups excluding carboxylic acids is 1. The van der Waals surface area contributed by atoms with Gasteiger partial charge in [0.25, 0.3) is 0 Å². The number of nitrogens with zero attached hydrogens (tertiary/aromatic N) is 2. The molecule has 0 spiro atoms. The van der Waals surface area contributed by atoms with Crippen LogP contribution in [-0.2, 0) is 11.2 Å². The first-order valence-electron chi connectivity index (χ1n) is 9.94. The number of methoxy groups -OCH3 is 1. The molecule has 27 heavy (non-hydrogen) atoms. The lowest BCUT2D eigenvalue weighted by Crippen LogP contribution is -2.46. The van der Waals surface area contributed by atoms with E-state index in [1.54, 1.807) is 14.2 Å². The van der Waals surface area contributed by atoms with Gasteiger partial charge in [0.05, 0.1) is 7.11 Å². The average molecular weight is 375 g/mol. The fourth-order valence-electron chi connectivity index (χ4n) is 3.52. The molecule has 1 fully saturated rings. The molecule has 1 heterocycles. The highest BCUT2D eigenvalue weighted by atomic mass is 16.5. The van der Waals surface area contributed by atoms with Gasteiger partial charge in [-0.3, -0.25) is 9.79 Å². The monoisotopic (exact) mass is 374 g/mol. The number of hydrogen-bond acceptors (Lipinski definition) is 3. The van der Waals surface area contributed by atoms with Crippen LogP contribution in [0.15, 0.2) is 23.2 Å². The van der Waals surface area contributed by atoms with Gasteiger partial charge < -0.3 is 20.3 Å². The fourth-order valence-corrected chi connectivity index (χ4v) is 3.52. The topological polar surface area (TPSA) is 66.0 Å². The number of hydrogen-bond donors (Lipinski definition) is 2. The second-order valence-corrected chi connectivity index (χ2v) is 7.11. The minimum Gasteiger partial charge on any atom is -0.496 e. The van der Waals surface area contributed by atoms with Crippen molar-refractivity contribution in [1.29, 1.82) is 0 Å². The molecule has 0 radical (unpaired) electrons. The quantitative estimate of drug-likeness (QED) is 0.568. The van der Waals surface area contributed by atoms with Crippen LogP contribution in [0.5, 0.6) is 5.75 Å². The highest BCUT2D eigenvalue weighted by molar-refractivity contribution is 5.80. The zero-order valence-corrected chi connectivity index (χ0v) is 17.2. The van der Waals surface area contributed by atoms with E-state index in [-0.39, 0.29) is 5.91 Å². The molecule has 150 valence electrons. The predicted molar refractivity (Wildman–Crippen MR) is 110 cm³/mol. The summed E-state index contributed by atoms with van der Waals surface area (Å²) in [5.74, 6) is 2.51. The molecule has 0 aromatic heterocycles. The van der Waals surface area contributed by atoms with Crippen LogP contribution in [0.4, 0.5) is 0 Å². The zero-order chi connectivity index (χ0) is 19.6. The number of aryl methyl sites for hydroxylation is 1. The van der Waals surface area contributed by atoms with Crippen LogP contribution < -0.4 is 15.4 Å². The van der Waals surface area contributed by atoms with Crippen molar-refractivity contribution >= 4 is 11.9 Å². The van der Waals surface area contributed by atoms with Crippen molar-refractivity contribution < 1.29 is 9.53 Å². The number of ether oxygens (including phenoxy) is 1. The number of piperidine rings is 1. The summed E-state index contributed by atoms with van der Waals surface area (Å²) < 4.78 is 5.47. The highest BCUT2D eigenvalue weighted by Crippen LogP contribution is 2.21. The van der Waals surface area contributed by atoms with Crippen molar-refractivity contribution in [3.8, 4) is 5.75 Å². The van der Waals surface area contributed by atoms with Gasteiger partial charge in [-0.1, -0.05) is 17.7 Å². The minimum absolute atomic E-state index is 0.140. The number of likely N-dealkylation sites (tertiary alicyclic amines) is 1. The van der Waals surface area contributed by atoms with E-state index in [1.165, 1.54) is 11.1 Å². The molecular formula is C21H34N4O2. The molecule has 0 bridgehead atoms. The summed E-state index contributed by atoms with van der Waals surface area (Å²) >= 11 is 0. The van der Waals surface area contributed by atoms with Gasteiger partial charge in [0.2, 0.25) is 5.91 Å². The summed E-state index contributed by atoms with van der Waals surface area (Å²) in [5.41, 5.74) is 2.43. The molecular weight excluding hydrogens is 340 g/mol. The van der Waals surface area contributed by atoms with E-state index in [0.29, 0.717) is 12.3 Å². The molecule has 2 N–H and O–H groups in total. The Balaban J connectivity index is 1.93. The molecule has 1 aromatic carbocycles. The van der Waals surface area contributed by atoms with Gasteiger partial charge in [0.15, 0.2) is 5.96 Å². The Labute approximate surface area is 163 Å². The third kappa shape index (κ3) is 6.45. The van der Waals surface area contributed by atoms with Crippen molar-refractivity contribution in [2.45, 2.75) is 39.5 Å². The third-order valence-electron chi connectivity index (χ3n) is 5.08. The Morgan fingerprint density at radius 1 is 1.33 bits per heavy atom. The number of amides is 1. The van der Waals surface area contributed by atoms with Crippen molar-refractivity contribution in [3.63, 3.8) is 0 Å². The van der Waals surface area contributed by atoms with Crippen LogP contribution in [0.3, 0.4) is 0 Å². The second kappa shape index (κ2) is 10.8. The number of rotatable bonds is 7. The Morgan fingerprint density at radius 3 is 2.70 bits per heavy atom. The Morgan fingerprint density at radius 2 is 2.07 bits per heavy atom. The summed E-state index contributed by atoms with van der Waals surface area (Å²) in [6.45, 7) is 7.66. The van der Waals surface area contributed by atoms with Gasteiger partial charge in [-0.15, -0.1) is 0 Å². The maximum atomic E-state index is 11.6. The van der Waals surface area contributed by atoms with Gasteiger partial charge in [0.1, 0.15) is 5.75 Å². The molecule has 1 saturated heterocycles. The number of guanidine groups is 1. The number of aliphatic imine (C=N–C) groups is 1. The molecule has 1 aromatic rings. The fraction of sp³-hybridized carbons (Fsp3) is 0.619. The predicted octanol–water partition coefficient (Wildman–Crippen LogP) is 2.36. The Bertz CT molecular complexity index is 637. The molecule has 1 aliphatic rings.